The topological polar surface area (TPSA) is 51.2 Å². The molecule has 0 atom stereocenters. The van der Waals surface area contributed by atoms with Crippen molar-refractivity contribution in [3.8, 4) is 17.0 Å². The van der Waals surface area contributed by atoms with Gasteiger partial charge in [0.1, 0.15) is 5.56 Å². The summed E-state index contributed by atoms with van der Waals surface area (Å²) in [5.41, 5.74) is 3.80. The number of hydrogen-bond donors (Lipinski definition) is 1. The van der Waals surface area contributed by atoms with Crippen LogP contribution in [-0.2, 0) is 6.54 Å². The van der Waals surface area contributed by atoms with E-state index >= 15 is 0 Å². The molecule has 2 aromatic heterocycles. The molecule has 23 heavy (non-hydrogen) atoms. The summed E-state index contributed by atoms with van der Waals surface area (Å²) in [6.07, 6.45) is 1.60. The van der Waals surface area contributed by atoms with Crippen LogP contribution in [-0.4, -0.2) is 18.0 Å². The van der Waals surface area contributed by atoms with E-state index in [0.717, 1.165) is 11.1 Å². The summed E-state index contributed by atoms with van der Waals surface area (Å²) in [6, 6.07) is 13.6. The molecule has 4 nitrogen and oxygen atoms in total. The third kappa shape index (κ3) is 3.40. The highest BCUT2D eigenvalue weighted by Crippen LogP contribution is 2.25. The molecule has 5 heteroatoms. The third-order valence-corrected chi connectivity index (χ3v) is 4.18. The molecule has 116 valence electrons. The first-order valence-electron chi connectivity index (χ1n) is 7.17. The summed E-state index contributed by atoms with van der Waals surface area (Å²) in [4.78, 5) is 16.4. The number of aromatic nitrogens is 1. The molecule has 1 N–H and O–H groups in total. The smallest absolute Gasteiger partial charge is 0.257 e. The lowest BCUT2D eigenvalue weighted by Gasteiger charge is -2.11. The van der Waals surface area contributed by atoms with Gasteiger partial charge in [0.15, 0.2) is 0 Å². The van der Waals surface area contributed by atoms with E-state index < -0.39 is 0 Å². The summed E-state index contributed by atoms with van der Waals surface area (Å²) in [7, 11) is 1.50. The van der Waals surface area contributed by atoms with Crippen molar-refractivity contribution in [2.75, 3.05) is 7.11 Å². The quantitative estimate of drug-likeness (QED) is 0.777. The van der Waals surface area contributed by atoms with Crippen LogP contribution in [0.25, 0.3) is 11.1 Å². The van der Waals surface area contributed by atoms with Crippen LogP contribution in [0.4, 0.5) is 0 Å². The number of nitrogens with zero attached hydrogens (tertiary/aromatic N) is 1. The lowest BCUT2D eigenvalue weighted by Crippen LogP contribution is -2.23. The normalized spacial score (nSPS) is 10.3. The van der Waals surface area contributed by atoms with Gasteiger partial charge in [0.25, 0.3) is 5.91 Å². The SMILES string of the molecule is COc1ncccc1C(=O)NCc1ccccc1-c1ccsc1. The highest BCUT2D eigenvalue weighted by atomic mass is 32.1. The van der Waals surface area contributed by atoms with Gasteiger partial charge in [0.2, 0.25) is 5.88 Å². The van der Waals surface area contributed by atoms with E-state index in [2.05, 4.69) is 27.8 Å². The van der Waals surface area contributed by atoms with Crippen LogP contribution in [0.1, 0.15) is 15.9 Å². The van der Waals surface area contributed by atoms with Crippen molar-refractivity contribution >= 4 is 17.2 Å². The second-order valence-electron chi connectivity index (χ2n) is 4.91. The molecule has 0 aliphatic rings. The van der Waals surface area contributed by atoms with Gasteiger partial charge in [-0.3, -0.25) is 4.79 Å². The summed E-state index contributed by atoms with van der Waals surface area (Å²) in [6.45, 7) is 0.447. The Hall–Kier alpha value is -2.66. The first-order chi connectivity index (χ1) is 11.3. The number of rotatable bonds is 5. The molecular weight excluding hydrogens is 308 g/mol. The molecule has 2 heterocycles. The van der Waals surface area contributed by atoms with E-state index in [1.165, 1.54) is 12.7 Å². The van der Waals surface area contributed by atoms with Crippen molar-refractivity contribution in [3.05, 3.63) is 70.5 Å². The zero-order chi connectivity index (χ0) is 16.1. The van der Waals surface area contributed by atoms with E-state index in [1.54, 1.807) is 29.7 Å². The fraction of sp³-hybridized carbons (Fsp3) is 0.111. The summed E-state index contributed by atoms with van der Waals surface area (Å²) < 4.78 is 5.13. The van der Waals surface area contributed by atoms with Gasteiger partial charge in [-0.15, -0.1) is 0 Å². The molecule has 0 aliphatic carbocycles. The number of ether oxygens (including phenoxy) is 1. The van der Waals surface area contributed by atoms with Crippen molar-refractivity contribution in [2.45, 2.75) is 6.54 Å². The van der Waals surface area contributed by atoms with Gasteiger partial charge in [-0.1, -0.05) is 24.3 Å². The van der Waals surface area contributed by atoms with Crippen LogP contribution >= 0.6 is 11.3 Å². The Morgan fingerprint density at radius 3 is 2.87 bits per heavy atom. The van der Waals surface area contributed by atoms with E-state index in [1.807, 2.05) is 23.6 Å². The van der Waals surface area contributed by atoms with Gasteiger partial charge in [0, 0.05) is 12.7 Å². The Labute approximate surface area is 138 Å². The molecule has 3 aromatic rings. The number of amides is 1. The predicted octanol–water partition coefficient (Wildman–Crippen LogP) is 3.75. The fourth-order valence-electron chi connectivity index (χ4n) is 2.37. The molecule has 0 saturated heterocycles. The molecule has 0 aliphatic heterocycles. The largest absolute Gasteiger partial charge is 0.480 e. The Morgan fingerprint density at radius 2 is 2.09 bits per heavy atom. The first-order valence-corrected chi connectivity index (χ1v) is 8.11. The lowest BCUT2D eigenvalue weighted by atomic mass is 10.0. The van der Waals surface area contributed by atoms with E-state index in [9.17, 15) is 4.79 Å². The first kappa shape index (κ1) is 15.2. The van der Waals surface area contributed by atoms with Crippen LogP contribution in [0.2, 0.25) is 0 Å². The van der Waals surface area contributed by atoms with Crippen LogP contribution in [0.3, 0.4) is 0 Å². The van der Waals surface area contributed by atoms with Crippen molar-refractivity contribution in [1.29, 1.82) is 0 Å². The van der Waals surface area contributed by atoms with E-state index in [0.29, 0.717) is 18.0 Å². The summed E-state index contributed by atoms with van der Waals surface area (Å²) in [5, 5.41) is 7.09. The van der Waals surface area contributed by atoms with Gasteiger partial charge in [0.05, 0.1) is 7.11 Å². The van der Waals surface area contributed by atoms with E-state index in [-0.39, 0.29) is 5.91 Å². The van der Waals surface area contributed by atoms with Gasteiger partial charge < -0.3 is 10.1 Å². The number of pyridine rings is 1. The average molecular weight is 324 g/mol. The van der Waals surface area contributed by atoms with Crippen LogP contribution in [0.5, 0.6) is 5.88 Å². The predicted molar refractivity (Wildman–Crippen MR) is 91.7 cm³/mol. The van der Waals surface area contributed by atoms with Crippen molar-refractivity contribution in [1.82, 2.24) is 10.3 Å². The average Bonchev–Trinajstić information content (AvgIpc) is 3.14. The minimum atomic E-state index is -0.199. The Morgan fingerprint density at radius 1 is 1.22 bits per heavy atom. The molecule has 1 aromatic carbocycles. The highest BCUT2D eigenvalue weighted by molar-refractivity contribution is 7.08. The number of methoxy groups -OCH3 is 1. The molecule has 3 rings (SSSR count). The maximum Gasteiger partial charge on any atom is 0.257 e. The second kappa shape index (κ2) is 7.07. The zero-order valence-corrected chi connectivity index (χ0v) is 13.5. The molecule has 0 fully saturated rings. The molecule has 1 amide bonds. The van der Waals surface area contributed by atoms with Gasteiger partial charge in [-0.05, 0) is 45.6 Å². The number of benzene rings is 1. The fourth-order valence-corrected chi connectivity index (χ4v) is 3.03. The van der Waals surface area contributed by atoms with Crippen LogP contribution < -0.4 is 10.1 Å². The Kier molecular flexibility index (Phi) is 4.68. The monoisotopic (exact) mass is 324 g/mol. The zero-order valence-electron chi connectivity index (χ0n) is 12.7. The molecule has 0 spiro atoms. The molecule has 0 bridgehead atoms. The van der Waals surface area contributed by atoms with Gasteiger partial charge >= 0.3 is 0 Å². The number of carbonyl (C=O) groups is 1. The maximum absolute atomic E-state index is 12.4. The molecule has 0 unspecified atom stereocenters. The number of hydrogen-bond acceptors (Lipinski definition) is 4. The number of thiophene rings is 1. The van der Waals surface area contributed by atoms with Crippen LogP contribution in [0.15, 0.2) is 59.4 Å². The summed E-state index contributed by atoms with van der Waals surface area (Å²) >= 11 is 1.66. The molecular formula is C18H16N2O2S. The van der Waals surface area contributed by atoms with Crippen LogP contribution in [0, 0.1) is 0 Å². The van der Waals surface area contributed by atoms with Crippen molar-refractivity contribution in [2.24, 2.45) is 0 Å². The van der Waals surface area contributed by atoms with Crippen molar-refractivity contribution < 1.29 is 9.53 Å². The Balaban J connectivity index is 1.78. The van der Waals surface area contributed by atoms with Gasteiger partial charge in [-0.25, -0.2) is 4.98 Å². The standard InChI is InChI=1S/C18H16N2O2S/c1-22-18-16(7-4-9-19-18)17(21)20-11-13-5-2-3-6-15(13)14-8-10-23-12-14/h2-10,12H,11H2,1H3,(H,20,21). The minimum absolute atomic E-state index is 0.199. The number of carbonyl (C=O) groups excluding carboxylic acids is 1. The molecule has 0 radical (unpaired) electrons. The van der Waals surface area contributed by atoms with E-state index in [4.69, 9.17) is 4.74 Å². The lowest BCUT2D eigenvalue weighted by molar-refractivity contribution is 0.0947. The van der Waals surface area contributed by atoms with Gasteiger partial charge in [-0.2, -0.15) is 11.3 Å². The van der Waals surface area contributed by atoms with Crippen molar-refractivity contribution in [3.63, 3.8) is 0 Å². The number of nitrogens with one attached hydrogen (secondary N) is 1. The maximum atomic E-state index is 12.4. The third-order valence-electron chi connectivity index (χ3n) is 3.50. The highest BCUT2D eigenvalue weighted by Gasteiger charge is 2.13. The summed E-state index contributed by atoms with van der Waals surface area (Å²) in [5.74, 6) is 0.131. The molecule has 0 saturated carbocycles. The minimum Gasteiger partial charge on any atom is -0.480 e. The Bertz CT molecular complexity index is 800. The second-order valence-corrected chi connectivity index (χ2v) is 5.69.